The molecule has 5 heteroatoms. The second kappa shape index (κ2) is 7.43. The quantitative estimate of drug-likeness (QED) is 0.866. The van der Waals surface area contributed by atoms with Crippen LogP contribution in [0, 0.1) is 0 Å². The number of hydrogen-bond acceptors (Lipinski definition) is 4. The second-order valence-electron chi connectivity index (χ2n) is 4.67. The highest BCUT2D eigenvalue weighted by Crippen LogP contribution is 2.07. The third-order valence-corrected chi connectivity index (χ3v) is 2.93. The Labute approximate surface area is 118 Å². The van der Waals surface area contributed by atoms with Crippen molar-refractivity contribution in [1.29, 1.82) is 0 Å². The molecule has 0 radical (unpaired) electrons. The third-order valence-electron chi connectivity index (χ3n) is 2.93. The largest absolute Gasteiger partial charge is 0.445 e. The maximum atomic E-state index is 11.6. The lowest BCUT2D eigenvalue weighted by Crippen LogP contribution is -2.30. The van der Waals surface area contributed by atoms with Crippen molar-refractivity contribution in [3.8, 4) is 0 Å². The van der Waals surface area contributed by atoms with E-state index in [1.54, 1.807) is 0 Å². The fourth-order valence-corrected chi connectivity index (χ4v) is 1.92. The smallest absolute Gasteiger partial charge is 0.407 e. The summed E-state index contributed by atoms with van der Waals surface area (Å²) in [4.78, 5) is 11.6. The van der Waals surface area contributed by atoms with Crippen molar-refractivity contribution in [2.24, 2.45) is 10.2 Å². The fourth-order valence-electron chi connectivity index (χ4n) is 1.92. The van der Waals surface area contributed by atoms with Gasteiger partial charge in [0.15, 0.2) is 0 Å². The number of amides is 1. The van der Waals surface area contributed by atoms with E-state index in [4.69, 9.17) is 4.74 Å². The summed E-state index contributed by atoms with van der Waals surface area (Å²) in [6, 6.07) is 9.58. The molecule has 1 aliphatic heterocycles. The van der Waals surface area contributed by atoms with Crippen LogP contribution in [0.4, 0.5) is 4.79 Å². The highest BCUT2D eigenvalue weighted by atomic mass is 16.5. The van der Waals surface area contributed by atoms with Crippen LogP contribution in [-0.4, -0.2) is 24.1 Å². The number of nitrogens with zero attached hydrogens (tertiary/aromatic N) is 2. The highest BCUT2D eigenvalue weighted by molar-refractivity contribution is 6.08. The molecule has 1 aliphatic rings. The van der Waals surface area contributed by atoms with Gasteiger partial charge in [-0.25, -0.2) is 4.79 Å². The number of benzene rings is 1. The van der Waals surface area contributed by atoms with E-state index in [0.717, 1.165) is 36.2 Å². The van der Waals surface area contributed by atoms with Gasteiger partial charge in [-0.1, -0.05) is 43.7 Å². The lowest BCUT2D eigenvalue weighted by atomic mass is 10.1. The number of nitrogens with one attached hydrogen (secondary N) is 1. The third kappa shape index (κ3) is 4.50. The van der Waals surface area contributed by atoms with E-state index in [0.29, 0.717) is 6.54 Å². The zero-order chi connectivity index (χ0) is 14.2. The standard InChI is InChI=1S/C15H19N3O2/c1-2-6-13-9-14(18-17-13)10-16-15(19)20-11-12-7-4-3-5-8-12/h3-5,7-8H,2,6,9-11H2,1H3,(H,16,19). The van der Waals surface area contributed by atoms with Crippen LogP contribution in [0.15, 0.2) is 40.5 Å². The van der Waals surface area contributed by atoms with E-state index in [-0.39, 0.29) is 6.61 Å². The molecule has 20 heavy (non-hydrogen) atoms. The lowest BCUT2D eigenvalue weighted by Gasteiger charge is -2.06. The van der Waals surface area contributed by atoms with Gasteiger partial charge in [0.2, 0.25) is 0 Å². The first-order chi connectivity index (χ1) is 9.78. The van der Waals surface area contributed by atoms with Crippen LogP contribution >= 0.6 is 0 Å². The monoisotopic (exact) mass is 273 g/mol. The van der Waals surface area contributed by atoms with Gasteiger partial charge < -0.3 is 10.1 Å². The summed E-state index contributed by atoms with van der Waals surface area (Å²) in [5, 5.41) is 10.8. The number of rotatable bonds is 6. The average molecular weight is 273 g/mol. The Morgan fingerprint density at radius 3 is 2.75 bits per heavy atom. The van der Waals surface area contributed by atoms with Gasteiger partial charge in [0.1, 0.15) is 6.61 Å². The summed E-state index contributed by atoms with van der Waals surface area (Å²) in [5.41, 5.74) is 2.93. The van der Waals surface area contributed by atoms with Gasteiger partial charge in [0, 0.05) is 12.1 Å². The predicted molar refractivity (Wildman–Crippen MR) is 79.0 cm³/mol. The van der Waals surface area contributed by atoms with E-state index in [9.17, 15) is 4.79 Å². The maximum absolute atomic E-state index is 11.6. The normalized spacial score (nSPS) is 13.7. The Bertz CT molecular complexity index is 509. The molecule has 0 aliphatic carbocycles. The Hall–Kier alpha value is -2.17. The van der Waals surface area contributed by atoms with E-state index < -0.39 is 6.09 Å². The van der Waals surface area contributed by atoms with Gasteiger partial charge in [0.05, 0.1) is 12.3 Å². The molecule has 0 aromatic heterocycles. The minimum absolute atomic E-state index is 0.275. The van der Waals surface area contributed by atoms with E-state index in [1.165, 1.54) is 0 Å². The molecule has 2 rings (SSSR count). The number of alkyl carbamates (subject to hydrolysis) is 1. The van der Waals surface area contributed by atoms with Gasteiger partial charge in [-0.2, -0.15) is 10.2 Å². The molecule has 106 valence electrons. The van der Waals surface area contributed by atoms with Crippen molar-refractivity contribution in [1.82, 2.24) is 5.32 Å². The summed E-state index contributed by atoms with van der Waals surface area (Å²) >= 11 is 0. The van der Waals surface area contributed by atoms with Crippen molar-refractivity contribution in [2.45, 2.75) is 32.8 Å². The zero-order valence-corrected chi connectivity index (χ0v) is 11.6. The first-order valence-corrected chi connectivity index (χ1v) is 6.83. The molecule has 1 aromatic rings. The number of carbonyl (C=O) groups is 1. The van der Waals surface area contributed by atoms with E-state index >= 15 is 0 Å². The zero-order valence-electron chi connectivity index (χ0n) is 11.6. The lowest BCUT2D eigenvalue weighted by molar-refractivity contribution is 0.141. The summed E-state index contributed by atoms with van der Waals surface area (Å²) < 4.78 is 5.12. The molecule has 1 heterocycles. The Morgan fingerprint density at radius 2 is 2.00 bits per heavy atom. The van der Waals surface area contributed by atoms with Gasteiger partial charge in [-0.3, -0.25) is 0 Å². The number of ether oxygens (including phenoxy) is 1. The van der Waals surface area contributed by atoms with Crippen LogP contribution in [0.1, 0.15) is 31.7 Å². The van der Waals surface area contributed by atoms with Crippen molar-refractivity contribution in [3.05, 3.63) is 35.9 Å². The molecule has 1 N–H and O–H groups in total. The molecular weight excluding hydrogens is 254 g/mol. The molecule has 0 bridgehead atoms. The van der Waals surface area contributed by atoms with Gasteiger partial charge in [0.25, 0.3) is 0 Å². The molecule has 1 aromatic carbocycles. The molecule has 0 unspecified atom stereocenters. The van der Waals surface area contributed by atoms with Gasteiger partial charge in [-0.05, 0) is 12.0 Å². The molecule has 0 saturated carbocycles. The van der Waals surface area contributed by atoms with Crippen LogP contribution in [0.25, 0.3) is 0 Å². The minimum atomic E-state index is -0.430. The van der Waals surface area contributed by atoms with Crippen LogP contribution in [0.5, 0.6) is 0 Å². The average Bonchev–Trinajstić information content (AvgIpc) is 2.92. The van der Waals surface area contributed by atoms with Crippen molar-refractivity contribution >= 4 is 17.5 Å². The molecule has 0 saturated heterocycles. The number of hydrogen-bond donors (Lipinski definition) is 1. The van der Waals surface area contributed by atoms with Gasteiger partial charge >= 0.3 is 6.09 Å². The predicted octanol–water partition coefficient (Wildman–Crippen LogP) is 2.91. The van der Waals surface area contributed by atoms with Crippen LogP contribution < -0.4 is 5.32 Å². The molecule has 0 spiro atoms. The summed E-state index contributed by atoms with van der Waals surface area (Å²) in [7, 11) is 0. The summed E-state index contributed by atoms with van der Waals surface area (Å²) in [6.45, 7) is 2.78. The minimum Gasteiger partial charge on any atom is -0.445 e. The van der Waals surface area contributed by atoms with E-state index in [1.807, 2.05) is 30.3 Å². The summed E-state index contributed by atoms with van der Waals surface area (Å²) in [6.07, 6.45) is 2.35. The van der Waals surface area contributed by atoms with E-state index in [2.05, 4.69) is 22.4 Å². The van der Waals surface area contributed by atoms with Crippen LogP contribution in [-0.2, 0) is 11.3 Å². The molecule has 5 nitrogen and oxygen atoms in total. The first kappa shape index (κ1) is 14.2. The van der Waals surface area contributed by atoms with Crippen molar-refractivity contribution in [2.75, 3.05) is 6.54 Å². The molecular formula is C15H19N3O2. The van der Waals surface area contributed by atoms with Crippen molar-refractivity contribution < 1.29 is 9.53 Å². The van der Waals surface area contributed by atoms with Crippen LogP contribution in [0.2, 0.25) is 0 Å². The first-order valence-electron chi connectivity index (χ1n) is 6.83. The van der Waals surface area contributed by atoms with Crippen molar-refractivity contribution in [3.63, 3.8) is 0 Å². The summed E-state index contributed by atoms with van der Waals surface area (Å²) in [5.74, 6) is 0. The maximum Gasteiger partial charge on any atom is 0.407 e. The topological polar surface area (TPSA) is 63.0 Å². The molecule has 1 amide bonds. The fraction of sp³-hybridized carbons (Fsp3) is 0.400. The Morgan fingerprint density at radius 1 is 1.25 bits per heavy atom. The second-order valence-corrected chi connectivity index (χ2v) is 4.67. The molecule has 0 fully saturated rings. The Kier molecular flexibility index (Phi) is 5.29. The Balaban J connectivity index is 1.64. The van der Waals surface area contributed by atoms with Crippen LogP contribution in [0.3, 0.4) is 0 Å². The van der Waals surface area contributed by atoms with Gasteiger partial charge in [-0.15, -0.1) is 0 Å². The number of carbonyl (C=O) groups excluding carboxylic acids is 1. The highest BCUT2D eigenvalue weighted by Gasteiger charge is 2.13. The molecule has 0 atom stereocenters. The SMILES string of the molecule is CCCC1=NN=C(CNC(=O)OCc2ccccc2)C1.